The van der Waals surface area contributed by atoms with Crippen molar-refractivity contribution in [2.45, 2.75) is 6.92 Å². The molecule has 0 saturated carbocycles. The molecule has 0 bridgehead atoms. The molecule has 0 atom stereocenters. The highest BCUT2D eigenvalue weighted by Crippen LogP contribution is 2.10. The van der Waals surface area contributed by atoms with Gasteiger partial charge in [0.15, 0.2) is 5.82 Å². The Bertz CT molecular complexity index is 526. The van der Waals surface area contributed by atoms with Crippen LogP contribution in [0.2, 0.25) is 0 Å². The summed E-state index contributed by atoms with van der Waals surface area (Å²) < 4.78 is 5.35. The highest BCUT2D eigenvalue weighted by Gasteiger charge is 2.10. The maximum atomic E-state index is 11.7. The molecule has 0 aliphatic heterocycles. The number of aryl methyl sites for hydroxylation is 1. The predicted octanol–water partition coefficient (Wildman–Crippen LogP) is 1.79. The molecule has 0 radical (unpaired) electrons. The van der Waals surface area contributed by atoms with Crippen LogP contribution in [0.25, 0.3) is 0 Å². The molecule has 0 spiro atoms. The molecule has 0 unspecified atom stereocenters. The Morgan fingerprint density at radius 1 is 1.56 bits per heavy atom. The summed E-state index contributed by atoms with van der Waals surface area (Å²) in [6, 6.07) is 3.26. The fourth-order valence-electron chi connectivity index (χ4n) is 1.06. The molecule has 2 aromatic heterocycles. The van der Waals surface area contributed by atoms with Gasteiger partial charge in [0, 0.05) is 11.8 Å². The largest absolute Gasteiger partial charge is 0.328 e. The quantitative estimate of drug-likeness (QED) is 0.850. The molecule has 2 heterocycles. The first kappa shape index (κ1) is 10.7. The molecule has 16 heavy (non-hydrogen) atoms. The average Bonchev–Trinajstić information content (AvgIpc) is 2.64. The van der Waals surface area contributed by atoms with Crippen LogP contribution in [0, 0.1) is 6.92 Å². The Hall–Kier alpha value is -1.76. The fourth-order valence-corrected chi connectivity index (χ4v) is 1.43. The Labute approximate surface area is 99.2 Å². The molecule has 1 amide bonds. The minimum atomic E-state index is -0.327. The molecule has 1 N–H and O–H groups in total. The lowest BCUT2D eigenvalue weighted by Crippen LogP contribution is -2.12. The van der Waals surface area contributed by atoms with E-state index in [2.05, 4.69) is 36.4 Å². The van der Waals surface area contributed by atoms with Crippen LogP contribution in [0.3, 0.4) is 0 Å². The van der Waals surface area contributed by atoms with E-state index in [0.717, 1.165) is 0 Å². The third kappa shape index (κ3) is 2.43. The van der Waals surface area contributed by atoms with E-state index in [-0.39, 0.29) is 11.9 Å². The van der Waals surface area contributed by atoms with Crippen molar-refractivity contribution in [3.8, 4) is 0 Å². The Morgan fingerprint density at radius 2 is 2.38 bits per heavy atom. The van der Waals surface area contributed by atoms with E-state index in [9.17, 15) is 4.79 Å². The summed E-state index contributed by atoms with van der Waals surface area (Å²) in [7, 11) is 0. The van der Waals surface area contributed by atoms with Crippen molar-refractivity contribution in [1.29, 1.82) is 0 Å². The number of carbonyl (C=O) groups is 1. The van der Waals surface area contributed by atoms with Gasteiger partial charge in [0.1, 0.15) is 4.60 Å². The number of hydrogen-bond acceptors (Lipinski definition) is 5. The van der Waals surface area contributed by atoms with Gasteiger partial charge < -0.3 is 4.52 Å². The topological polar surface area (TPSA) is 80.9 Å². The fraction of sp³-hybridized carbons (Fsp3) is 0.111. The van der Waals surface area contributed by atoms with Gasteiger partial charge in [0.2, 0.25) is 0 Å². The standard InChI is InChI=1S/C9H7BrN4O2/c1-5-12-9(16-14-5)13-8(15)6-2-3-11-7(10)4-6/h2-4H,1H3,(H,12,13,14,15). The zero-order chi connectivity index (χ0) is 11.5. The van der Waals surface area contributed by atoms with Crippen molar-refractivity contribution in [1.82, 2.24) is 15.1 Å². The summed E-state index contributed by atoms with van der Waals surface area (Å²) in [6.45, 7) is 1.67. The maximum Gasteiger partial charge on any atom is 0.328 e. The monoisotopic (exact) mass is 282 g/mol. The van der Waals surface area contributed by atoms with Crippen molar-refractivity contribution in [2.24, 2.45) is 0 Å². The highest BCUT2D eigenvalue weighted by atomic mass is 79.9. The van der Waals surface area contributed by atoms with Gasteiger partial charge in [-0.25, -0.2) is 4.98 Å². The number of halogens is 1. The van der Waals surface area contributed by atoms with Gasteiger partial charge >= 0.3 is 6.01 Å². The molecular formula is C9H7BrN4O2. The second kappa shape index (κ2) is 4.40. The molecule has 82 valence electrons. The first-order valence-corrected chi connectivity index (χ1v) is 5.17. The van der Waals surface area contributed by atoms with Crippen LogP contribution in [-0.4, -0.2) is 21.0 Å². The number of nitrogens with one attached hydrogen (secondary N) is 1. The van der Waals surface area contributed by atoms with E-state index in [1.165, 1.54) is 6.20 Å². The Balaban J connectivity index is 2.14. The second-order valence-electron chi connectivity index (χ2n) is 2.97. The highest BCUT2D eigenvalue weighted by molar-refractivity contribution is 9.10. The number of anilines is 1. The molecule has 0 aromatic carbocycles. The number of nitrogens with zero attached hydrogens (tertiary/aromatic N) is 3. The van der Waals surface area contributed by atoms with Crippen LogP contribution in [0.15, 0.2) is 27.5 Å². The van der Waals surface area contributed by atoms with Gasteiger partial charge in [-0.1, -0.05) is 5.16 Å². The SMILES string of the molecule is Cc1noc(NC(=O)c2ccnc(Br)c2)n1. The zero-order valence-electron chi connectivity index (χ0n) is 8.27. The number of rotatable bonds is 2. The van der Waals surface area contributed by atoms with E-state index >= 15 is 0 Å². The lowest BCUT2D eigenvalue weighted by atomic mass is 10.2. The number of aromatic nitrogens is 3. The first-order chi connectivity index (χ1) is 7.65. The summed E-state index contributed by atoms with van der Waals surface area (Å²) in [5.41, 5.74) is 0.456. The van der Waals surface area contributed by atoms with Crippen molar-refractivity contribution in [3.63, 3.8) is 0 Å². The minimum absolute atomic E-state index is 0.0791. The molecule has 0 aliphatic carbocycles. The van der Waals surface area contributed by atoms with Crippen LogP contribution in [-0.2, 0) is 0 Å². The third-order valence-corrected chi connectivity index (χ3v) is 2.17. The van der Waals surface area contributed by atoms with E-state index in [1.54, 1.807) is 19.1 Å². The van der Waals surface area contributed by atoms with Gasteiger partial charge in [0.05, 0.1) is 0 Å². The first-order valence-electron chi connectivity index (χ1n) is 4.38. The predicted molar refractivity (Wildman–Crippen MR) is 58.9 cm³/mol. The van der Waals surface area contributed by atoms with Crippen LogP contribution in [0.5, 0.6) is 0 Å². The van der Waals surface area contributed by atoms with Gasteiger partial charge in [0.25, 0.3) is 5.91 Å². The van der Waals surface area contributed by atoms with Crippen molar-refractivity contribution in [2.75, 3.05) is 5.32 Å². The minimum Gasteiger partial charge on any atom is -0.315 e. The van der Waals surface area contributed by atoms with E-state index in [1.807, 2.05) is 0 Å². The van der Waals surface area contributed by atoms with Gasteiger partial charge in [-0.3, -0.25) is 10.1 Å². The lowest BCUT2D eigenvalue weighted by molar-refractivity contribution is 0.102. The third-order valence-electron chi connectivity index (χ3n) is 1.74. The van der Waals surface area contributed by atoms with Crippen molar-refractivity contribution in [3.05, 3.63) is 34.3 Å². The van der Waals surface area contributed by atoms with Gasteiger partial charge in [-0.15, -0.1) is 0 Å². The molecule has 2 aromatic rings. The number of hydrogen-bond donors (Lipinski definition) is 1. The normalized spacial score (nSPS) is 10.1. The molecule has 2 rings (SSSR count). The second-order valence-corrected chi connectivity index (χ2v) is 3.78. The summed E-state index contributed by atoms with van der Waals surface area (Å²) in [5, 5.41) is 6.04. The average molecular weight is 283 g/mol. The smallest absolute Gasteiger partial charge is 0.315 e. The van der Waals surface area contributed by atoms with Crippen LogP contribution in [0.1, 0.15) is 16.2 Å². The van der Waals surface area contributed by atoms with E-state index < -0.39 is 0 Å². The van der Waals surface area contributed by atoms with Crippen molar-refractivity contribution < 1.29 is 9.32 Å². The number of amides is 1. The molecule has 7 heteroatoms. The molecule has 0 aliphatic rings. The number of pyridine rings is 1. The van der Waals surface area contributed by atoms with Gasteiger partial charge in [-0.05, 0) is 35.0 Å². The lowest BCUT2D eigenvalue weighted by Gasteiger charge is -1.99. The number of carbonyl (C=O) groups excluding carboxylic acids is 1. The van der Waals surface area contributed by atoms with Crippen LogP contribution in [0.4, 0.5) is 6.01 Å². The van der Waals surface area contributed by atoms with Crippen LogP contribution >= 0.6 is 15.9 Å². The zero-order valence-corrected chi connectivity index (χ0v) is 9.85. The van der Waals surface area contributed by atoms with Gasteiger partial charge in [-0.2, -0.15) is 4.98 Å². The van der Waals surface area contributed by atoms with Crippen LogP contribution < -0.4 is 5.32 Å². The Kier molecular flexibility index (Phi) is 2.95. The summed E-state index contributed by atoms with van der Waals surface area (Å²) in [6.07, 6.45) is 1.53. The maximum absolute atomic E-state index is 11.7. The summed E-state index contributed by atoms with van der Waals surface area (Å²) in [5.74, 6) is 0.137. The van der Waals surface area contributed by atoms with E-state index in [4.69, 9.17) is 4.52 Å². The molecule has 6 nitrogen and oxygen atoms in total. The summed E-state index contributed by atoms with van der Waals surface area (Å²) in [4.78, 5) is 19.5. The van der Waals surface area contributed by atoms with E-state index in [0.29, 0.717) is 16.0 Å². The molecule has 0 fully saturated rings. The molecular weight excluding hydrogens is 276 g/mol. The van der Waals surface area contributed by atoms with Crippen molar-refractivity contribution >= 4 is 27.9 Å². The Morgan fingerprint density at radius 3 is 3.00 bits per heavy atom. The molecule has 0 saturated heterocycles. The summed E-state index contributed by atoms with van der Waals surface area (Å²) >= 11 is 3.18.